The molecule has 2 aliphatic heterocycles. The number of likely N-dealkylation sites (tertiary alicyclic amines) is 1. The van der Waals surface area contributed by atoms with Crippen LogP contribution in [0.2, 0.25) is 0 Å². The molecule has 2 aliphatic carbocycles. The van der Waals surface area contributed by atoms with Crippen LogP contribution in [-0.4, -0.2) is 57.5 Å². The van der Waals surface area contributed by atoms with Crippen LogP contribution in [0.5, 0.6) is 5.75 Å². The molecule has 2 fully saturated rings. The second kappa shape index (κ2) is 8.89. The largest absolute Gasteiger partial charge is 0.508 e. The number of benzene rings is 2. The number of nitrogens with zero attached hydrogens (tertiary/aromatic N) is 2. The maximum atomic E-state index is 12.7. The third kappa shape index (κ3) is 3.59. The SMILES string of the molecule is Cl.Cl.Oc1ccc2c(c1)[C@]13CCN(C[C@H]4CCCO4)[C@H](C2)[C@]1(O)Cc1cc2ccccc2nc1C3. The van der Waals surface area contributed by atoms with Crippen molar-refractivity contribution in [2.75, 3.05) is 19.7 Å². The van der Waals surface area contributed by atoms with E-state index in [1.807, 2.05) is 18.2 Å². The standard InChI is InChI=1S/C28H30N2O3.2ClH/c31-21-8-7-18-13-26-28(32)15-20-12-19-4-1-2-6-24(19)29-25(20)16-27(28,23(18)14-21)9-10-30(26)17-22-5-3-11-33-22;;/h1-2,4,6-8,12,14,22,26,31-32H,3,5,9-11,13,15-17H2;2*1H/t22-,26-,27-,28-;;/m1../s1. The van der Waals surface area contributed by atoms with Gasteiger partial charge in [-0.05, 0) is 73.2 Å². The van der Waals surface area contributed by atoms with Gasteiger partial charge in [0.1, 0.15) is 5.75 Å². The lowest BCUT2D eigenvalue weighted by Gasteiger charge is -2.63. The van der Waals surface area contributed by atoms with E-state index in [1.54, 1.807) is 6.07 Å². The monoisotopic (exact) mass is 514 g/mol. The van der Waals surface area contributed by atoms with Crippen LogP contribution in [0.1, 0.15) is 41.6 Å². The van der Waals surface area contributed by atoms with Crippen LogP contribution in [0.15, 0.2) is 48.5 Å². The summed E-state index contributed by atoms with van der Waals surface area (Å²) >= 11 is 0. The quantitative estimate of drug-likeness (QED) is 0.531. The summed E-state index contributed by atoms with van der Waals surface area (Å²) < 4.78 is 5.98. The Hall–Kier alpha value is -1.89. The Labute approximate surface area is 218 Å². The smallest absolute Gasteiger partial charge is 0.115 e. The normalized spacial score (nSPS) is 31.0. The summed E-state index contributed by atoms with van der Waals surface area (Å²) in [6, 6.07) is 16.3. The molecule has 0 saturated carbocycles. The predicted octanol–water partition coefficient (Wildman–Crippen LogP) is 4.36. The first kappa shape index (κ1) is 24.8. The number of rotatable bonds is 2. The molecule has 2 aromatic carbocycles. The van der Waals surface area contributed by atoms with Gasteiger partial charge in [-0.1, -0.05) is 24.3 Å². The van der Waals surface area contributed by atoms with Crippen molar-refractivity contribution in [1.82, 2.24) is 9.88 Å². The van der Waals surface area contributed by atoms with Gasteiger partial charge >= 0.3 is 0 Å². The summed E-state index contributed by atoms with van der Waals surface area (Å²) in [6.07, 6.45) is 5.48. The number of aromatic nitrogens is 1. The van der Waals surface area contributed by atoms with Crippen molar-refractivity contribution in [3.05, 3.63) is 70.9 Å². The second-order valence-electron chi connectivity index (χ2n) is 10.6. The lowest BCUT2D eigenvalue weighted by atomic mass is 9.49. The summed E-state index contributed by atoms with van der Waals surface area (Å²) in [5.41, 5.74) is 4.32. The maximum absolute atomic E-state index is 12.7. The van der Waals surface area contributed by atoms with E-state index in [1.165, 1.54) is 11.1 Å². The Bertz CT molecular complexity index is 1260. The average molecular weight is 515 g/mol. The van der Waals surface area contributed by atoms with E-state index in [-0.39, 0.29) is 42.7 Å². The summed E-state index contributed by atoms with van der Waals surface area (Å²) in [5, 5.41) is 24.2. The average Bonchev–Trinajstić information content (AvgIpc) is 3.32. The van der Waals surface area contributed by atoms with Gasteiger partial charge in [-0.3, -0.25) is 9.88 Å². The number of pyridine rings is 1. The molecule has 0 amide bonds. The topological polar surface area (TPSA) is 65.8 Å². The van der Waals surface area contributed by atoms with Gasteiger partial charge in [0.15, 0.2) is 0 Å². The summed E-state index contributed by atoms with van der Waals surface area (Å²) in [4.78, 5) is 7.57. The molecule has 1 aromatic heterocycles. The lowest BCUT2D eigenvalue weighted by Crippen LogP contribution is -2.74. The fourth-order valence-electron chi connectivity index (χ4n) is 7.36. The number of halogens is 2. The minimum atomic E-state index is -0.901. The first-order chi connectivity index (χ1) is 16.1. The molecule has 0 spiro atoms. The van der Waals surface area contributed by atoms with Gasteiger partial charge in [0.2, 0.25) is 0 Å². The fraction of sp³-hybridized carbons (Fsp3) is 0.464. The molecule has 2 bridgehead atoms. The third-order valence-electron chi connectivity index (χ3n) is 8.95. The number of fused-ring (bicyclic) bond motifs is 3. The molecule has 0 radical (unpaired) electrons. The number of hydrogen-bond donors (Lipinski definition) is 2. The van der Waals surface area contributed by atoms with Crippen molar-refractivity contribution in [2.24, 2.45) is 0 Å². The van der Waals surface area contributed by atoms with Gasteiger partial charge in [-0.2, -0.15) is 0 Å². The van der Waals surface area contributed by atoms with Crippen molar-refractivity contribution in [3.63, 3.8) is 0 Å². The van der Waals surface area contributed by atoms with E-state index in [4.69, 9.17) is 9.72 Å². The molecule has 35 heavy (non-hydrogen) atoms. The number of hydrogen-bond acceptors (Lipinski definition) is 5. The highest BCUT2D eigenvalue weighted by Gasteiger charge is 2.64. The van der Waals surface area contributed by atoms with Crippen LogP contribution >= 0.6 is 24.8 Å². The molecular weight excluding hydrogens is 483 g/mol. The van der Waals surface area contributed by atoms with Gasteiger partial charge < -0.3 is 14.9 Å². The molecule has 7 rings (SSSR count). The van der Waals surface area contributed by atoms with Crippen LogP contribution in [-0.2, 0) is 29.4 Å². The number of para-hydroxylation sites is 1. The zero-order valence-electron chi connectivity index (χ0n) is 19.7. The van der Waals surface area contributed by atoms with E-state index in [2.05, 4.69) is 29.2 Å². The van der Waals surface area contributed by atoms with Crippen LogP contribution in [0.3, 0.4) is 0 Å². The van der Waals surface area contributed by atoms with Crippen LogP contribution in [0.4, 0.5) is 0 Å². The van der Waals surface area contributed by atoms with E-state index in [9.17, 15) is 10.2 Å². The molecule has 186 valence electrons. The van der Waals surface area contributed by atoms with Crippen LogP contribution in [0.25, 0.3) is 10.9 Å². The van der Waals surface area contributed by atoms with Gasteiger partial charge in [-0.15, -0.1) is 24.8 Å². The highest BCUT2D eigenvalue weighted by Crippen LogP contribution is 2.57. The Balaban J connectivity index is 0.00000127. The van der Waals surface area contributed by atoms with Crippen molar-refractivity contribution >= 4 is 35.7 Å². The van der Waals surface area contributed by atoms with Crippen LogP contribution < -0.4 is 0 Å². The summed E-state index contributed by atoms with van der Waals surface area (Å²) in [5.74, 6) is 0.281. The van der Waals surface area contributed by atoms with Crippen molar-refractivity contribution in [2.45, 2.75) is 61.7 Å². The number of ether oxygens (including phenoxy) is 1. The Kier molecular flexibility index (Phi) is 6.30. The number of aromatic hydroxyl groups is 1. The highest BCUT2D eigenvalue weighted by molar-refractivity contribution is 5.85. The molecule has 3 heterocycles. The maximum Gasteiger partial charge on any atom is 0.115 e. The third-order valence-corrected chi connectivity index (χ3v) is 8.95. The molecular formula is C28H32Cl2N2O3. The Morgan fingerprint density at radius 1 is 1.06 bits per heavy atom. The van der Waals surface area contributed by atoms with Gasteiger partial charge in [0.25, 0.3) is 0 Å². The number of phenolic OH excluding ortho intramolecular Hbond substituents is 1. The number of phenols is 1. The number of piperidine rings is 1. The van der Waals surface area contributed by atoms with Gasteiger partial charge in [-0.25, -0.2) is 0 Å². The predicted molar refractivity (Wildman–Crippen MR) is 141 cm³/mol. The van der Waals surface area contributed by atoms with E-state index >= 15 is 0 Å². The first-order valence-electron chi connectivity index (χ1n) is 12.3. The lowest BCUT2D eigenvalue weighted by molar-refractivity contribution is -0.156. The summed E-state index contributed by atoms with van der Waals surface area (Å²) in [6.45, 7) is 2.68. The van der Waals surface area contributed by atoms with Crippen molar-refractivity contribution < 1.29 is 14.9 Å². The Morgan fingerprint density at radius 2 is 1.91 bits per heavy atom. The molecule has 5 nitrogen and oxygen atoms in total. The minimum Gasteiger partial charge on any atom is -0.508 e. The zero-order valence-corrected chi connectivity index (χ0v) is 21.3. The first-order valence-corrected chi connectivity index (χ1v) is 12.3. The van der Waals surface area contributed by atoms with Gasteiger partial charge in [0.05, 0.1) is 17.2 Å². The van der Waals surface area contributed by atoms with E-state index in [0.717, 1.165) is 67.5 Å². The zero-order chi connectivity index (χ0) is 22.2. The van der Waals surface area contributed by atoms with Crippen molar-refractivity contribution in [3.8, 4) is 5.75 Å². The molecule has 0 unspecified atom stereocenters. The second-order valence-corrected chi connectivity index (χ2v) is 10.6. The highest BCUT2D eigenvalue weighted by atomic mass is 35.5. The minimum absolute atomic E-state index is 0. The van der Waals surface area contributed by atoms with Crippen molar-refractivity contribution in [1.29, 1.82) is 0 Å². The molecule has 3 aromatic rings. The molecule has 4 atom stereocenters. The number of aliphatic hydroxyl groups is 1. The summed E-state index contributed by atoms with van der Waals surface area (Å²) in [7, 11) is 0. The van der Waals surface area contributed by atoms with E-state index < -0.39 is 11.0 Å². The fourth-order valence-corrected chi connectivity index (χ4v) is 7.36. The molecule has 2 saturated heterocycles. The molecule has 4 aliphatic rings. The van der Waals surface area contributed by atoms with Crippen LogP contribution in [0, 0.1) is 0 Å². The van der Waals surface area contributed by atoms with Gasteiger partial charge in [0, 0.05) is 48.5 Å². The Morgan fingerprint density at radius 3 is 2.74 bits per heavy atom. The molecule has 7 heteroatoms. The molecule has 2 N–H and O–H groups in total. The van der Waals surface area contributed by atoms with E-state index in [0.29, 0.717) is 12.8 Å².